The van der Waals surface area contributed by atoms with E-state index in [9.17, 15) is 24.0 Å². The van der Waals surface area contributed by atoms with E-state index in [0.717, 1.165) is 18.4 Å². The van der Waals surface area contributed by atoms with Crippen molar-refractivity contribution >= 4 is 52.6 Å². The van der Waals surface area contributed by atoms with E-state index in [1.54, 1.807) is 18.2 Å². The first-order valence-corrected chi connectivity index (χ1v) is 14.7. The van der Waals surface area contributed by atoms with Crippen molar-refractivity contribution in [2.45, 2.75) is 96.7 Å². The quantitative estimate of drug-likeness (QED) is 0.259. The smallest absolute Gasteiger partial charge is 0.289 e. The number of carbonyl (C=O) groups is 5. The van der Waals surface area contributed by atoms with Crippen molar-refractivity contribution in [3.8, 4) is 0 Å². The number of Topliss-reactive ketones (excluding diaryl/α,β-unsaturated/α-hetero) is 1. The summed E-state index contributed by atoms with van der Waals surface area (Å²) >= 11 is 12.4. The van der Waals surface area contributed by atoms with Gasteiger partial charge in [0, 0.05) is 35.0 Å². The molecule has 1 saturated carbocycles. The Hall–Kier alpha value is -2.65. The van der Waals surface area contributed by atoms with Gasteiger partial charge in [0.1, 0.15) is 6.04 Å². The summed E-state index contributed by atoms with van der Waals surface area (Å²) in [6.45, 7) is 8.25. The third-order valence-electron chi connectivity index (χ3n) is 7.25. The summed E-state index contributed by atoms with van der Waals surface area (Å²) in [6, 6.07) is 2.99. The average molecular weight is 596 g/mol. The van der Waals surface area contributed by atoms with E-state index >= 15 is 0 Å². The highest BCUT2D eigenvalue weighted by Crippen LogP contribution is 2.32. The second-order valence-corrected chi connectivity index (χ2v) is 12.9. The van der Waals surface area contributed by atoms with Crippen LogP contribution in [0.15, 0.2) is 18.2 Å². The molecule has 1 aliphatic heterocycles. The summed E-state index contributed by atoms with van der Waals surface area (Å²) in [4.78, 5) is 64.7. The van der Waals surface area contributed by atoms with Gasteiger partial charge in [0.05, 0.1) is 6.04 Å². The maximum Gasteiger partial charge on any atom is 0.289 e. The van der Waals surface area contributed by atoms with E-state index in [-0.39, 0.29) is 42.0 Å². The maximum atomic E-state index is 13.6. The summed E-state index contributed by atoms with van der Waals surface area (Å²) in [5.41, 5.74) is 0.454. The Labute approximate surface area is 245 Å². The Kier molecular flexibility index (Phi) is 11.0. The van der Waals surface area contributed by atoms with Crippen molar-refractivity contribution in [3.05, 3.63) is 33.8 Å². The second kappa shape index (κ2) is 13.8. The van der Waals surface area contributed by atoms with E-state index in [0.29, 0.717) is 35.9 Å². The molecular weight excluding hydrogens is 555 g/mol. The van der Waals surface area contributed by atoms with Gasteiger partial charge in [0.25, 0.3) is 5.91 Å². The minimum absolute atomic E-state index is 0.0116. The fraction of sp³-hybridized carbons (Fsp3) is 0.621. The summed E-state index contributed by atoms with van der Waals surface area (Å²) in [5, 5.41) is 11.9. The SMILES string of the molecule is CCC(CC(=O)NC(CC(C)(C)C)C(=O)NC(C[C@@H]1CCNC1=O)C(=O)C(=O)NC1CC1)c1ccc(Cl)cc1Cl. The van der Waals surface area contributed by atoms with Gasteiger partial charge in [0.15, 0.2) is 0 Å². The van der Waals surface area contributed by atoms with E-state index in [1.807, 2.05) is 27.7 Å². The fourth-order valence-corrected chi connectivity index (χ4v) is 5.47. The van der Waals surface area contributed by atoms with Gasteiger partial charge in [-0.05, 0) is 67.6 Å². The molecule has 2 aliphatic rings. The summed E-state index contributed by atoms with van der Waals surface area (Å²) in [5.74, 6) is -3.36. The average Bonchev–Trinajstić information content (AvgIpc) is 3.59. The highest BCUT2D eigenvalue weighted by atomic mass is 35.5. The lowest BCUT2D eigenvalue weighted by Gasteiger charge is -2.29. The second-order valence-electron chi connectivity index (χ2n) is 12.0. The van der Waals surface area contributed by atoms with Gasteiger partial charge in [-0.2, -0.15) is 0 Å². The molecule has 3 rings (SSSR count). The molecule has 11 heteroatoms. The van der Waals surface area contributed by atoms with E-state index in [2.05, 4.69) is 21.3 Å². The number of hydrogen-bond acceptors (Lipinski definition) is 5. The molecule has 0 radical (unpaired) electrons. The summed E-state index contributed by atoms with van der Waals surface area (Å²) in [6.07, 6.45) is 3.17. The van der Waals surface area contributed by atoms with Crippen molar-refractivity contribution in [1.29, 1.82) is 0 Å². The Morgan fingerprint density at radius 1 is 1.05 bits per heavy atom. The van der Waals surface area contributed by atoms with Gasteiger partial charge in [-0.1, -0.05) is 57.0 Å². The van der Waals surface area contributed by atoms with Crippen LogP contribution < -0.4 is 21.3 Å². The Bertz CT molecular complexity index is 1130. The number of hydrogen-bond donors (Lipinski definition) is 4. The van der Waals surface area contributed by atoms with Crippen LogP contribution in [-0.2, 0) is 24.0 Å². The first-order valence-electron chi connectivity index (χ1n) is 13.9. The minimum Gasteiger partial charge on any atom is -0.356 e. The lowest BCUT2D eigenvalue weighted by atomic mass is 9.87. The lowest BCUT2D eigenvalue weighted by Crippen LogP contribution is -2.55. The van der Waals surface area contributed by atoms with Crippen LogP contribution in [0.4, 0.5) is 0 Å². The predicted octanol–water partition coefficient (Wildman–Crippen LogP) is 3.66. The molecular formula is C29H40Cl2N4O5. The zero-order valence-corrected chi connectivity index (χ0v) is 25.1. The predicted molar refractivity (Wildman–Crippen MR) is 154 cm³/mol. The van der Waals surface area contributed by atoms with Crippen molar-refractivity contribution in [2.24, 2.45) is 11.3 Å². The minimum atomic E-state index is -1.18. The molecule has 2 fully saturated rings. The molecule has 220 valence electrons. The first-order chi connectivity index (χ1) is 18.8. The Morgan fingerprint density at radius 2 is 1.75 bits per heavy atom. The molecule has 3 unspecified atom stereocenters. The molecule has 1 saturated heterocycles. The number of benzene rings is 1. The fourth-order valence-electron chi connectivity index (χ4n) is 4.91. The van der Waals surface area contributed by atoms with Crippen molar-refractivity contribution in [2.75, 3.05) is 6.54 Å². The van der Waals surface area contributed by atoms with Crippen LogP contribution >= 0.6 is 23.2 Å². The third-order valence-corrected chi connectivity index (χ3v) is 7.81. The molecule has 4 amide bonds. The normalized spacial score (nSPS) is 19.2. The van der Waals surface area contributed by atoms with Gasteiger partial charge in [0.2, 0.25) is 23.5 Å². The highest BCUT2D eigenvalue weighted by Gasteiger charge is 2.37. The van der Waals surface area contributed by atoms with Crippen LogP contribution in [0.25, 0.3) is 0 Å². The molecule has 4 N–H and O–H groups in total. The molecule has 0 spiro atoms. The standard InChI is InChI=1S/C29H40Cl2N4O5/c1-5-16(20-9-6-18(30)14-21(20)31)13-24(36)34-23(15-29(2,3)4)27(39)35-22(12-17-10-11-32-26(17)38)25(37)28(40)33-19-7-8-19/h6,9,14,16-17,19,22-23H,5,7-8,10-13,15H2,1-4H3,(H,32,38)(H,33,40)(H,34,36)(H,35,39)/t16?,17-,22?,23?/m0/s1. The molecule has 0 aromatic heterocycles. The monoisotopic (exact) mass is 594 g/mol. The van der Waals surface area contributed by atoms with Crippen LogP contribution in [0.5, 0.6) is 0 Å². The largest absolute Gasteiger partial charge is 0.356 e. The van der Waals surface area contributed by atoms with Gasteiger partial charge < -0.3 is 21.3 Å². The number of carbonyl (C=O) groups excluding carboxylic acids is 5. The molecule has 9 nitrogen and oxygen atoms in total. The van der Waals surface area contributed by atoms with Gasteiger partial charge >= 0.3 is 0 Å². The van der Waals surface area contributed by atoms with E-state index in [1.165, 1.54) is 0 Å². The third kappa shape index (κ3) is 9.47. The molecule has 1 aromatic carbocycles. The number of ketones is 1. The molecule has 1 heterocycles. The van der Waals surface area contributed by atoms with E-state index in [4.69, 9.17) is 23.2 Å². The number of nitrogens with one attached hydrogen (secondary N) is 4. The van der Waals surface area contributed by atoms with Crippen LogP contribution in [0.2, 0.25) is 10.0 Å². The Morgan fingerprint density at radius 3 is 2.30 bits per heavy atom. The summed E-state index contributed by atoms with van der Waals surface area (Å²) < 4.78 is 0. The lowest BCUT2D eigenvalue weighted by molar-refractivity contribution is -0.141. The van der Waals surface area contributed by atoms with Crippen LogP contribution in [-0.4, -0.2) is 54.1 Å². The zero-order valence-electron chi connectivity index (χ0n) is 23.6. The highest BCUT2D eigenvalue weighted by molar-refractivity contribution is 6.38. The van der Waals surface area contributed by atoms with Crippen molar-refractivity contribution < 1.29 is 24.0 Å². The molecule has 1 aromatic rings. The van der Waals surface area contributed by atoms with E-state index < -0.39 is 35.6 Å². The van der Waals surface area contributed by atoms with Crippen LogP contribution in [0.3, 0.4) is 0 Å². The van der Waals surface area contributed by atoms with Crippen molar-refractivity contribution in [1.82, 2.24) is 21.3 Å². The van der Waals surface area contributed by atoms with Gasteiger partial charge in [-0.15, -0.1) is 0 Å². The topological polar surface area (TPSA) is 133 Å². The Balaban J connectivity index is 1.75. The zero-order chi connectivity index (χ0) is 29.6. The molecule has 0 bridgehead atoms. The molecule has 40 heavy (non-hydrogen) atoms. The van der Waals surface area contributed by atoms with Gasteiger partial charge in [-0.25, -0.2) is 0 Å². The van der Waals surface area contributed by atoms with Gasteiger partial charge in [-0.3, -0.25) is 24.0 Å². The van der Waals surface area contributed by atoms with Crippen LogP contribution in [0.1, 0.15) is 84.1 Å². The number of rotatable bonds is 13. The first kappa shape index (κ1) is 31.9. The summed E-state index contributed by atoms with van der Waals surface area (Å²) in [7, 11) is 0. The van der Waals surface area contributed by atoms with Crippen molar-refractivity contribution in [3.63, 3.8) is 0 Å². The van der Waals surface area contributed by atoms with Crippen LogP contribution in [0, 0.1) is 11.3 Å². The maximum absolute atomic E-state index is 13.6. The molecule has 4 atom stereocenters. The molecule has 1 aliphatic carbocycles. The number of halogens is 2. The number of amides is 4.